The normalized spacial score (nSPS) is 12.3. The predicted octanol–water partition coefficient (Wildman–Crippen LogP) is 2.68. The van der Waals surface area contributed by atoms with Crippen LogP contribution >= 0.6 is 0 Å². The van der Waals surface area contributed by atoms with E-state index in [-0.39, 0.29) is 0 Å². The molecule has 7 nitrogen and oxygen atoms in total. The Morgan fingerprint density at radius 1 is 1.08 bits per heavy atom. The number of carboxylic acid groups (broad SMARTS) is 2. The Morgan fingerprint density at radius 3 is 2.35 bits per heavy atom. The number of rotatable bonds is 4. The second kappa shape index (κ2) is 8.57. The van der Waals surface area contributed by atoms with Gasteiger partial charge < -0.3 is 25.6 Å². The van der Waals surface area contributed by atoms with Crippen molar-refractivity contribution in [1.29, 1.82) is 0 Å². The summed E-state index contributed by atoms with van der Waals surface area (Å²) in [6.45, 7) is 0.969. The molecule has 2 aromatic carbocycles. The van der Waals surface area contributed by atoms with Gasteiger partial charge in [-0.25, -0.2) is 9.59 Å². The number of nitrogens with zero attached hydrogens (tertiary/aromatic N) is 1. The van der Waals surface area contributed by atoms with Crippen LogP contribution in [0, 0.1) is 0 Å². The Kier molecular flexibility index (Phi) is 6.21. The zero-order chi connectivity index (χ0) is 19.1. The molecule has 0 unspecified atom stereocenters. The van der Waals surface area contributed by atoms with Gasteiger partial charge in [0.1, 0.15) is 5.75 Å². The molecule has 136 valence electrons. The van der Waals surface area contributed by atoms with Crippen LogP contribution in [0.3, 0.4) is 0 Å². The molecule has 0 spiro atoms. The molecule has 7 heteroatoms. The zero-order valence-corrected chi connectivity index (χ0v) is 14.3. The van der Waals surface area contributed by atoms with E-state index in [0.717, 1.165) is 30.1 Å². The van der Waals surface area contributed by atoms with Gasteiger partial charge >= 0.3 is 11.9 Å². The number of ether oxygens (including phenoxy) is 1. The maximum absolute atomic E-state index is 9.55. The molecule has 1 aliphatic heterocycles. The van der Waals surface area contributed by atoms with Gasteiger partial charge in [-0.1, -0.05) is 18.2 Å². The minimum atomic E-state index is -1.26. The quantitative estimate of drug-likeness (QED) is 0.570. The van der Waals surface area contributed by atoms with Gasteiger partial charge in [-0.3, -0.25) is 0 Å². The summed E-state index contributed by atoms with van der Waals surface area (Å²) in [7, 11) is 1.67. The molecule has 4 N–H and O–H groups in total. The van der Waals surface area contributed by atoms with Gasteiger partial charge in [0.2, 0.25) is 0 Å². The number of methoxy groups -OCH3 is 1. The van der Waals surface area contributed by atoms with E-state index in [0.29, 0.717) is 12.2 Å². The van der Waals surface area contributed by atoms with Crippen LogP contribution in [-0.2, 0) is 16.0 Å². The van der Waals surface area contributed by atoms with Gasteiger partial charge in [-0.2, -0.15) is 0 Å². The lowest BCUT2D eigenvalue weighted by molar-refractivity contribution is -0.134. The molecule has 3 rings (SSSR count). The second-order valence-corrected chi connectivity index (χ2v) is 5.46. The maximum atomic E-state index is 9.55. The molecule has 0 bridgehead atoms. The largest absolute Gasteiger partial charge is 0.497 e. The lowest BCUT2D eigenvalue weighted by Gasteiger charge is -2.22. The molecule has 0 amide bonds. The number of hydrogen-bond acceptors (Lipinski definition) is 5. The van der Waals surface area contributed by atoms with Crippen molar-refractivity contribution in [1.82, 2.24) is 0 Å². The molecular weight excluding hydrogens is 336 g/mol. The van der Waals surface area contributed by atoms with E-state index in [9.17, 15) is 9.59 Å². The van der Waals surface area contributed by atoms with Gasteiger partial charge in [0, 0.05) is 30.5 Å². The summed E-state index contributed by atoms with van der Waals surface area (Å²) in [5.41, 5.74) is 10.5. The fourth-order valence-corrected chi connectivity index (χ4v) is 2.62. The first-order valence-corrected chi connectivity index (χ1v) is 7.85. The average Bonchev–Trinajstić information content (AvgIpc) is 3.05. The average molecular weight is 356 g/mol. The minimum Gasteiger partial charge on any atom is -0.497 e. The number of fused-ring (bicyclic) bond motifs is 1. The molecule has 0 aromatic heterocycles. The number of hydrogen-bond donors (Lipinski definition) is 3. The van der Waals surface area contributed by atoms with E-state index in [1.165, 1.54) is 11.3 Å². The van der Waals surface area contributed by atoms with E-state index >= 15 is 0 Å². The number of para-hydroxylation sites is 1. The van der Waals surface area contributed by atoms with Crippen LogP contribution in [0.1, 0.15) is 5.56 Å². The van der Waals surface area contributed by atoms with Crippen molar-refractivity contribution in [3.63, 3.8) is 0 Å². The monoisotopic (exact) mass is 356 g/mol. The molecule has 0 fully saturated rings. The predicted molar refractivity (Wildman–Crippen MR) is 99.0 cm³/mol. The van der Waals surface area contributed by atoms with E-state index in [1.54, 1.807) is 7.11 Å². The van der Waals surface area contributed by atoms with Crippen molar-refractivity contribution >= 4 is 29.0 Å². The highest BCUT2D eigenvalue weighted by Crippen LogP contribution is 2.38. The highest BCUT2D eigenvalue weighted by Gasteiger charge is 2.21. The Hall–Kier alpha value is -3.48. The van der Waals surface area contributed by atoms with Crippen LogP contribution in [-0.4, -0.2) is 35.8 Å². The number of carbonyl (C=O) groups is 2. The first kappa shape index (κ1) is 18.9. The molecule has 1 heterocycles. The molecule has 0 saturated carbocycles. The Balaban J connectivity index is 0.000000260. The highest BCUT2D eigenvalue weighted by molar-refractivity contribution is 5.89. The van der Waals surface area contributed by atoms with Crippen LogP contribution < -0.4 is 15.4 Å². The second-order valence-electron chi connectivity index (χ2n) is 5.46. The smallest absolute Gasteiger partial charge is 0.328 e. The SMILES string of the molecule is COc1ccc(N)c(N2CCc3ccccc32)c1.O=C(O)/C=C\C(=O)O. The lowest BCUT2D eigenvalue weighted by atomic mass is 10.2. The Labute approximate surface area is 150 Å². The van der Waals surface area contributed by atoms with Crippen LogP contribution in [0.5, 0.6) is 5.75 Å². The van der Waals surface area contributed by atoms with E-state index in [4.69, 9.17) is 20.7 Å². The number of nitrogens with two attached hydrogens (primary N) is 1. The topological polar surface area (TPSA) is 113 Å². The summed E-state index contributed by atoms with van der Waals surface area (Å²) in [5, 5.41) is 15.6. The third-order valence-corrected chi connectivity index (χ3v) is 3.78. The molecular formula is C19H20N2O5. The van der Waals surface area contributed by atoms with Crippen LogP contribution in [0.2, 0.25) is 0 Å². The van der Waals surface area contributed by atoms with Crippen molar-refractivity contribution in [2.24, 2.45) is 0 Å². The fourth-order valence-electron chi connectivity index (χ4n) is 2.62. The molecule has 26 heavy (non-hydrogen) atoms. The summed E-state index contributed by atoms with van der Waals surface area (Å²) in [6, 6.07) is 14.2. The Morgan fingerprint density at radius 2 is 1.73 bits per heavy atom. The summed E-state index contributed by atoms with van der Waals surface area (Å²) in [6.07, 6.45) is 2.18. The van der Waals surface area contributed by atoms with Gasteiger partial charge in [-0.15, -0.1) is 0 Å². The zero-order valence-electron chi connectivity index (χ0n) is 14.3. The molecule has 0 atom stereocenters. The number of anilines is 3. The number of nitrogen functional groups attached to an aromatic ring is 1. The van der Waals surface area contributed by atoms with Crippen LogP contribution in [0.25, 0.3) is 0 Å². The summed E-state index contributed by atoms with van der Waals surface area (Å²) < 4.78 is 5.28. The molecule has 1 aliphatic rings. The van der Waals surface area contributed by atoms with Gasteiger partial charge in [0.15, 0.2) is 0 Å². The number of aliphatic carboxylic acids is 2. The summed E-state index contributed by atoms with van der Waals surface area (Å²) >= 11 is 0. The third-order valence-electron chi connectivity index (χ3n) is 3.78. The van der Waals surface area contributed by atoms with Crippen molar-refractivity contribution in [3.8, 4) is 5.75 Å². The van der Waals surface area contributed by atoms with Crippen molar-refractivity contribution in [2.75, 3.05) is 24.3 Å². The molecule has 2 aromatic rings. The first-order chi connectivity index (χ1) is 12.4. The van der Waals surface area contributed by atoms with Crippen molar-refractivity contribution in [2.45, 2.75) is 6.42 Å². The minimum absolute atomic E-state index is 0.558. The first-order valence-electron chi connectivity index (χ1n) is 7.85. The van der Waals surface area contributed by atoms with E-state index in [2.05, 4.69) is 29.2 Å². The van der Waals surface area contributed by atoms with Crippen molar-refractivity contribution in [3.05, 3.63) is 60.2 Å². The van der Waals surface area contributed by atoms with Crippen molar-refractivity contribution < 1.29 is 24.5 Å². The molecule has 0 radical (unpaired) electrons. The molecule has 0 aliphatic carbocycles. The lowest BCUT2D eigenvalue weighted by Crippen LogP contribution is -2.15. The maximum Gasteiger partial charge on any atom is 0.328 e. The van der Waals surface area contributed by atoms with E-state index < -0.39 is 11.9 Å². The highest BCUT2D eigenvalue weighted by atomic mass is 16.5. The summed E-state index contributed by atoms with van der Waals surface area (Å²) in [4.78, 5) is 21.4. The molecule has 0 saturated heterocycles. The fraction of sp³-hybridized carbons (Fsp3) is 0.158. The standard InChI is InChI=1S/C15H16N2O.C4H4O4/c1-18-12-6-7-13(16)15(10-12)17-9-8-11-4-2-3-5-14(11)17;5-3(6)1-2-4(7)8/h2-7,10H,8-9,16H2,1H3;1-2H,(H,5,6)(H,7,8)/b;2-1-. The van der Waals surface area contributed by atoms with Gasteiger partial charge in [0.05, 0.1) is 18.5 Å². The number of carboxylic acids is 2. The van der Waals surface area contributed by atoms with Crippen LogP contribution in [0.4, 0.5) is 17.1 Å². The van der Waals surface area contributed by atoms with E-state index in [1.807, 2.05) is 18.2 Å². The number of benzene rings is 2. The van der Waals surface area contributed by atoms with Crippen LogP contribution in [0.15, 0.2) is 54.6 Å². The van der Waals surface area contributed by atoms with Gasteiger partial charge in [0.25, 0.3) is 0 Å². The van der Waals surface area contributed by atoms with Gasteiger partial charge in [-0.05, 0) is 30.2 Å². The Bertz CT molecular complexity index is 816. The summed E-state index contributed by atoms with van der Waals surface area (Å²) in [5.74, 6) is -1.68. The third kappa shape index (κ3) is 4.76.